The van der Waals surface area contributed by atoms with Crippen LogP contribution < -0.4 is 21.3 Å². The summed E-state index contributed by atoms with van der Waals surface area (Å²) in [5.41, 5.74) is 0.779. The van der Waals surface area contributed by atoms with Gasteiger partial charge in [-0.25, -0.2) is 4.79 Å². The fourth-order valence-electron chi connectivity index (χ4n) is 2.37. The number of hydrogen-bond acceptors (Lipinski definition) is 5. The third-order valence-corrected chi connectivity index (χ3v) is 3.79. The molecule has 0 aliphatic heterocycles. The van der Waals surface area contributed by atoms with Gasteiger partial charge in [-0.1, -0.05) is 12.1 Å². The Morgan fingerprint density at radius 3 is 2.34 bits per heavy atom. The van der Waals surface area contributed by atoms with Gasteiger partial charge in [-0.3, -0.25) is 19.7 Å². The van der Waals surface area contributed by atoms with Crippen LogP contribution in [0.25, 0.3) is 0 Å². The van der Waals surface area contributed by atoms with Crippen molar-refractivity contribution in [1.29, 1.82) is 0 Å². The van der Waals surface area contributed by atoms with Gasteiger partial charge in [-0.2, -0.15) is 0 Å². The van der Waals surface area contributed by atoms with Crippen molar-refractivity contribution in [3.05, 3.63) is 64.2 Å². The minimum Gasteiger partial charge on any atom is -0.341 e. The van der Waals surface area contributed by atoms with Gasteiger partial charge >= 0.3 is 6.03 Å². The van der Waals surface area contributed by atoms with Crippen LogP contribution in [0.1, 0.15) is 24.2 Å². The smallest absolute Gasteiger partial charge is 0.319 e. The van der Waals surface area contributed by atoms with Crippen molar-refractivity contribution in [2.45, 2.75) is 19.9 Å². The van der Waals surface area contributed by atoms with Crippen molar-refractivity contribution in [3.8, 4) is 0 Å². The molecule has 0 aliphatic carbocycles. The number of urea groups is 1. The van der Waals surface area contributed by atoms with Crippen LogP contribution in [0.3, 0.4) is 0 Å². The highest BCUT2D eigenvalue weighted by Crippen LogP contribution is 2.16. The molecule has 2 aromatic rings. The fourth-order valence-corrected chi connectivity index (χ4v) is 2.37. The molecule has 10 heteroatoms. The number of nitrogens with one attached hydrogen (secondary N) is 4. The van der Waals surface area contributed by atoms with Crippen LogP contribution in [-0.4, -0.2) is 35.4 Å². The number of benzene rings is 2. The molecule has 0 bridgehead atoms. The van der Waals surface area contributed by atoms with E-state index in [4.69, 9.17) is 0 Å². The van der Waals surface area contributed by atoms with Crippen LogP contribution in [0.2, 0.25) is 0 Å². The van der Waals surface area contributed by atoms with Crippen LogP contribution in [0.4, 0.5) is 21.9 Å². The molecular formula is C19H21N5O5. The molecular weight excluding hydrogens is 378 g/mol. The zero-order valence-electron chi connectivity index (χ0n) is 15.9. The molecule has 0 radical (unpaired) electrons. The normalized spacial score (nSPS) is 11.1. The number of rotatable bonds is 7. The van der Waals surface area contributed by atoms with E-state index < -0.39 is 22.8 Å². The van der Waals surface area contributed by atoms with E-state index in [0.29, 0.717) is 17.9 Å². The van der Waals surface area contributed by atoms with E-state index in [2.05, 4.69) is 21.3 Å². The first-order valence-corrected chi connectivity index (χ1v) is 8.81. The molecule has 2 rings (SSSR count). The lowest BCUT2D eigenvalue weighted by Gasteiger charge is -2.15. The highest BCUT2D eigenvalue weighted by molar-refractivity contribution is 6.01. The third kappa shape index (κ3) is 6.31. The number of nitro benzene ring substituents is 1. The predicted octanol–water partition coefficient (Wildman–Crippen LogP) is 2.49. The van der Waals surface area contributed by atoms with Gasteiger partial charge < -0.3 is 21.3 Å². The molecule has 2 aromatic carbocycles. The van der Waals surface area contributed by atoms with Crippen molar-refractivity contribution < 1.29 is 19.3 Å². The van der Waals surface area contributed by atoms with Crippen molar-refractivity contribution in [1.82, 2.24) is 10.6 Å². The quantitative estimate of drug-likeness (QED) is 0.418. The van der Waals surface area contributed by atoms with E-state index in [-0.39, 0.29) is 17.3 Å². The molecule has 0 heterocycles. The number of non-ortho nitro benzene ring substituents is 1. The van der Waals surface area contributed by atoms with Crippen LogP contribution in [0.15, 0.2) is 48.5 Å². The Morgan fingerprint density at radius 1 is 1.03 bits per heavy atom. The molecule has 1 atom stereocenters. The molecule has 0 fully saturated rings. The van der Waals surface area contributed by atoms with E-state index in [1.165, 1.54) is 25.1 Å². The molecule has 0 aliphatic rings. The van der Waals surface area contributed by atoms with Gasteiger partial charge in [0.05, 0.1) is 4.92 Å². The molecule has 4 N–H and O–H groups in total. The fraction of sp³-hybridized carbons (Fsp3) is 0.211. The number of nitrogens with zero attached hydrogens (tertiary/aromatic N) is 1. The Balaban J connectivity index is 1.98. The average Bonchev–Trinajstić information content (AvgIpc) is 2.68. The van der Waals surface area contributed by atoms with Crippen LogP contribution in [0.5, 0.6) is 0 Å². The second-order valence-electron chi connectivity index (χ2n) is 6.06. The van der Waals surface area contributed by atoms with Gasteiger partial charge in [0.25, 0.3) is 11.6 Å². The molecule has 4 amide bonds. The molecule has 10 nitrogen and oxygen atoms in total. The summed E-state index contributed by atoms with van der Waals surface area (Å²) < 4.78 is 0. The zero-order valence-corrected chi connectivity index (χ0v) is 15.9. The number of nitro groups is 1. The van der Waals surface area contributed by atoms with Gasteiger partial charge in [0.2, 0.25) is 5.91 Å². The maximum Gasteiger partial charge on any atom is 0.319 e. The van der Waals surface area contributed by atoms with E-state index in [1.54, 1.807) is 31.2 Å². The van der Waals surface area contributed by atoms with E-state index in [0.717, 1.165) is 6.07 Å². The SMILES string of the molecule is CCNC(=O)Nc1cccc(NC(=O)C(C)NC(=O)c2cccc([N+](=O)[O-])c2)c1. The summed E-state index contributed by atoms with van der Waals surface area (Å²) in [6, 6.07) is 10.5. The zero-order chi connectivity index (χ0) is 21.4. The molecule has 0 aromatic heterocycles. The Labute approximate surface area is 166 Å². The topological polar surface area (TPSA) is 142 Å². The number of hydrogen-bond donors (Lipinski definition) is 4. The Kier molecular flexibility index (Phi) is 7.24. The predicted molar refractivity (Wildman–Crippen MR) is 108 cm³/mol. The van der Waals surface area contributed by atoms with Crippen molar-refractivity contribution in [2.24, 2.45) is 0 Å². The summed E-state index contributed by atoms with van der Waals surface area (Å²) in [4.78, 5) is 46.4. The largest absolute Gasteiger partial charge is 0.341 e. The lowest BCUT2D eigenvalue weighted by molar-refractivity contribution is -0.384. The summed E-state index contributed by atoms with van der Waals surface area (Å²) in [6.07, 6.45) is 0. The van der Waals surface area contributed by atoms with Crippen molar-refractivity contribution in [3.63, 3.8) is 0 Å². The number of carbonyl (C=O) groups excluding carboxylic acids is 3. The highest BCUT2D eigenvalue weighted by atomic mass is 16.6. The molecule has 29 heavy (non-hydrogen) atoms. The Bertz CT molecular complexity index is 931. The first-order chi connectivity index (χ1) is 13.8. The number of anilines is 2. The molecule has 1 unspecified atom stereocenters. The summed E-state index contributed by atoms with van der Waals surface area (Å²) in [5.74, 6) is -1.10. The minimum atomic E-state index is -0.901. The lowest BCUT2D eigenvalue weighted by atomic mass is 10.1. The molecule has 152 valence electrons. The Hall–Kier alpha value is -3.95. The van der Waals surface area contributed by atoms with Crippen LogP contribution in [-0.2, 0) is 4.79 Å². The summed E-state index contributed by atoms with van der Waals surface area (Å²) in [6.45, 7) is 3.75. The second kappa shape index (κ2) is 9.83. The van der Waals surface area contributed by atoms with E-state index >= 15 is 0 Å². The standard InChI is InChI=1S/C19H21N5O5/c1-3-20-19(27)23-15-8-5-7-14(11-15)22-17(25)12(2)21-18(26)13-6-4-9-16(10-13)24(28)29/h4-12H,3H2,1-2H3,(H,21,26)(H,22,25)(H2,20,23,27). The Morgan fingerprint density at radius 2 is 1.69 bits per heavy atom. The van der Waals surface area contributed by atoms with Gasteiger partial charge in [0.15, 0.2) is 0 Å². The van der Waals surface area contributed by atoms with Gasteiger partial charge in [0, 0.05) is 35.6 Å². The second-order valence-corrected chi connectivity index (χ2v) is 6.06. The van der Waals surface area contributed by atoms with Crippen molar-refractivity contribution in [2.75, 3.05) is 17.2 Å². The van der Waals surface area contributed by atoms with Gasteiger partial charge in [-0.05, 0) is 38.1 Å². The number of amides is 4. The maximum absolute atomic E-state index is 12.4. The van der Waals surface area contributed by atoms with E-state index in [1.807, 2.05) is 0 Å². The lowest BCUT2D eigenvalue weighted by Crippen LogP contribution is -2.41. The summed E-state index contributed by atoms with van der Waals surface area (Å²) in [5, 5.41) is 21.2. The molecule has 0 saturated heterocycles. The average molecular weight is 399 g/mol. The highest BCUT2D eigenvalue weighted by Gasteiger charge is 2.18. The first kappa shape index (κ1) is 21.4. The summed E-state index contributed by atoms with van der Waals surface area (Å²) >= 11 is 0. The third-order valence-electron chi connectivity index (χ3n) is 3.79. The van der Waals surface area contributed by atoms with Crippen molar-refractivity contribution >= 4 is 34.9 Å². The van der Waals surface area contributed by atoms with Gasteiger partial charge in [0.1, 0.15) is 6.04 Å². The first-order valence-electron chi connectivity index (χ1n) is 8.81. The van der Waals surface area contributed by atoms with Crippen LogP contribution >= 0.6 is 0 Å². The summed E-state index contributed by atoms with van der Waals surface area (Å²) in [7, 11) is 0. The monoisotopic (exact) mass is 399 g/mol. The maximum atomic E-state index is 12.4. The molecule has 0 saturated carbocycles. The van der Waals surface area contributed by atoms with E-state index in [9.17, 15) is 24.5 Å². The molecule has 0 spiro atoms. The van der Waals surface area contributed by atoms with Crippen LogP contribution in [0, 0.1) is 10.1 Å². The minimum absolute atomic E-state index is 0.0759. The number of carbonyl (C=O) groups is 3. The van der Waals surface area contributed by atoms with Gasteiger partial charge in [-0.15, -0.1) is 0 Å².